The second-order valence-corrected chi connectivity index (χ2v) is 7.41. The Hall–Kier alpha value is -2.58. The van der Waals surface area contributed by atoms with Gasteiger partial charge < -0.3 is 4.90 Å². The smallest absolute Gasteiger partial charge is 0.0465 e. The van der Waals surface area contributed by atoms with Gasteiger partial charge in [-0.3, -0.25) is 0 Å². The average Bonchev–Trinajstić information content (AvgIpc) is 2.92. The minimum absolute atomic E-state index is 0.323. The molecular formula is C25H27N2. The maximum atomic E-state index is 5.30. The first kappa shape index (κ1) is 17.8. The first-order chi connectivity index (χ1) is 13.4. The summed E-state index contributed by atoms with van der Waals surface area (Å²) in [5.74, 6) is 0. The molecule has 4 rings (SSSR count). The summed E-state index contributed by atoms with van der Waals surface area (Å²) in [6.45, 7) is 2.06. The van der Waals surface area contributed by atoms with Crippen molar-refractivity contribution in [3.63, 3.8) is 0 Å². The van der Waals surface area contributed by atoms with E-state index in [9.17, 15) is 0 Å². The van der Waals surface area contributed by atoms with E-state index in [2.05, 4.69) is 95.9 Å². The maximum Gasteiger partial charge on any atom is 0.0465 e. The van der Waals surface area contributed by atoms with Crippen LogP contribution in [0.3, 0.4) is 0 Å². The van der Waals surface area contributed by atoms with Crippen LogP contribution >= 0.6 is 0 Å². The van der Waals surface area contributed by atoms with Crippen molar-refractivity contribution < 1.29 is 0 Å². The SMILES string of the molecule is c1ccc(CC2CCN(c3ccccc3)CC(Cc3ccccc3)[N]2)cc1. The van der Waals surface area contributed by atoms with Gasteiger partial charge in [-0.05, 0) is 42.5 Å². The average molecular weight is 356 g/mol. The van der Waals surface area contributed by atoms with Crippen LogP contribution in [0, 0.1) is 0 Å². The Morgan fingerprint density at radius 2 is 1.19 bits per heavy atom. The molecule has 2 unspecified atom stereocenters. The first-order valence-electron chi connectivity index (χ1n) is 9.94. The normalized spacial score (nSPS) is 20.2. The van der Waals surface area contributed by atoms with Crippen molar-refractivity contribution in [3.8, 4) is 0 Å². The fourth-order valence-corrected chi connectivity index (χ4v) is 3.99. The molecule has 1 aliphatic heterocycles. The third-order valence-electron chi connectivity index (χ3n) is 5.33. The highest BCUT2D eigenvalue weighted by molar-refractivity contribution is 5.46. The zero-order valence-electron chi connectivity index (χ0n) is 15.7. The molecule has 1 radical (unpaired) electrons. The first-order valence-corrected chi connectivity index (χ1v) is 9.94. The molecule has 0 aliphatic carbocycles. The number of hydrogen-bond donors (Lipinski definition) is 0. The summed E-state index contributed by atoms with van der Waals surface area (Å²) in [6.07, 6.45) is 3.15. The van der Waals surface area contributed by atoms with E-state index in [0.717, 1.165) is 32.4 Å². The van der Waals surface area contributed by atoms with Crippen molar-refractivity contribution in [2.75, 3.05) is 18.0 Å². The number of anilines is 1. The molecule has 1 aliphatic rings. The van der Waals surface area contributed by atoms with E-state index in [1.165, 1.54) is 16.8 Å². The lowest BCUT2D eigenvalue weighted by Crippen LogP contribution is -2.38. The van der Waals surface area contributed by atoms with Crippen LogP contribution in [0.25, 0.3) is 0 Å². The monoisotopic (exact) mass is 355 g/mol. The van der Waals surface area contributed by atoms with Crippen LogP contribution in [0.4, 0.5) is 5.69 Å². The van der Waals surface area contributed by atoms with Crippen LogP contribution in [0.2, 0.25) is 0 Å². The molecule has 137 valence electrons. The molecule has 2 nitrogen and oxygen atoms in total. The summed E-state index contributed by atoms with van der Waals surface area (Å²) in [5.41, 5.74) is 4.07. The minimum atomic E-state index is 0.323. The van der Waals surface area contributed by atoms with Gasteiger partial charge in [0.1, 0.15) is 0 Å². The van der Waals surface area contributed by atoms with E-state index in [1.54, 1.807) is 0 Å². The van der Waals surface area contributed by atoms with Crippen molar-refractivity contribution in [1.29, 1.82) is 0 Å². The lowest BCUT2D eigenvalue weighted by Gasteiger charge is -2.26. The van der Waals surface area contributed by atoms with Gasteiger partial charge in [-0.15, -0.1) is 0 Å². The van der Waals surface area contributed by atoms with Gasteiger partial charge in [-0.2, -0.15) is 0 Å². The molecule has 0 aromatic heterocycles. The minimum Gasteiger partial charge on any atom is -0.370 e. The summed E-state index contributed by atoms with van der Waals surface area (Å²) >= 11 is 0. The van der Waals surface area contributed by atoms with Gasteiger partial charge in [0, 0.05) is 30.9 Å². The van der Waals surface area contributed by atoms with Crippen LogP contribution < -0.4 is 10.2 Å². The van der Waals surface area contributed by atoms with Crippen molar-refractivity contribution in [1.82, 2.24) is 5.32 Å². The van der Waals surface area contributed by atoms with Gasteiger partial charge >= 0.3 is 0 Å². The van der Waals surface area contributed by atoms with Gasteiger partial charge in [-0.1, -0.05) is 78.9 Å². The molecule has 1 fully saturated rings. The summed E-state index contributed by atoms with van der Waals surface area (Å²) in [4.78, 5) is 2.52. The molecule has 1 heterocycles. The van der Waals surface area contributed by atoms with E-state index in [-0.39, 0.29) is 0 Å². The number of para-hydroxylation sites is 1. The highest BCUT2D eigenvalue weighted by Gasteiger charge is 2.25. The summed E-state index contributed by atoms with van der Waals surface area (Å²) < 4.78 is 0. The van der Waals surface area contributed by atoms with E-state index < -0.39 is 0 Å². The summed E-state index contributed by atoms with van der Waals surface area (Å²) in [6, 6.07) is 33.1. The van der Waals surface area contributed by atoms with Crippen LogP contribution in [0.1, 0.15) is 17.5 Å². The van der Waals surface area contributed by atoms with Gasteiger partial charge in [0.05, 0.1) is 0 Å². The van der Waals surface area contributed by atoms with Crippen LogP contribution in [-0.2, 0) is 12.8 Å². The molecule has 0 amide bonds. The van der Waals surface area contributed by atoms with Gasteiger partial charge in [0.2, 0.25) is 0 Å². The molecule has 0 saturated carbocycles. The van der Waals surface area contributed by atoms with Gasteiger partial charge in [0.25, 0.3) is 0 Å². The molecule has 0 spiro atoms. The van der Waals surface area contributed by atoms with E-state index in [0.29, 0.717) is 12.1 Å². The Morgan fingerprint density at radius 1 is 0.667 bits per heavy atom. The molecule has 3 aromatic rings. The number of benzene rings is 3. The van der Waals surface area contributed by atoms with E-state index in [1.807, 2.05) is 0 Å². The zero-order chi connectivity index (χ0) is 18.3. The molecule has 27 heavy (non-hydrogen) atoms. The lowest BCUT2D eigenvalue weighted by atomic mass is 10.0. The van der Waals surface area contributed by atoms with Crippen LogP contribution in [0.15, 0.2) is 91.0 Å². The molecule has 1 saturated heterocycles. The maximum absolute atomic E-state index is 5.30. The third kappa shape index (κ3) is 4.99. The summed E-state index contributed by atoms with van der Waals surface area (Å²) in [5, 5.41) is 5.30. The van der Waals surface area contributed by atoms with Crippen molar-refractivity contribution in [3.05, 3.63) is 102 Å². The topological polar surface area (TPSA) is 17.3 Å². The van der Waals surface area contributed by atoms with Gasteiger partial charge in [-0.25, -0.2) is 5.32 Å². The fraction of sp³-hybridized carbons (Fsp3) is 0.280. The fourth-order valence-electron chi connectivity index (χ4n) is 3.99. The number of hydrogen-bond acceptors (Lipinski definition) is 1. The van der Waals surface area contributed by atoms with E-state index >= 15 is 0 Å². The second-order valence-electron chi connectivity index (χ2n) is 7.41. The molecule has 0 bridgehead atoms. The van der Waals surface area contributed by atoms with Crippen LogP contribution in [-0.4, -0.2) is 25.2 Å². The molecule has 2 heteroatoms. The second kappa shape index (κ2) is 8.88. The number of nitrogens with zero attached hydrogens (tertiary/aromatic N) is 2. The van der Waals surface area contributed by atoms with Crippen molar-refractivity contribution in [2.24, 2.45) is 0 Å². The van der Waals surface area contributed by atoms with Crippen LogP contribution in [0.5, 0.6) is 0 Å². The van der Waals surface area contributed by atoms with Crippen molar-refractivity contribution >= 4 is 5.69 Å². The predicted molar refractivity (Wildman–Crippen MR) is 113 cm³/mol. The Bertz CT molecular complexity index is 802. The van der Waals surface area contributed by atoms with Crippen molar-refractivity contribution in [2.45, 2.75) is 31.3 Å². The summed E-state index contributed by atoms with van der Waals surface area (Å²) in [7, 11) is 0. The Labute approximate surface area is 162 Å². The Balaban J connectivity index is 1.52. The predicted octanol–water partition coefficient (Wildman–Crippen LogP) is 4.72. The largest absolute Gasteiger partial charge is 0.370 e. The van der Waals surface area contributed by atoms with Gasteiger partial charge in [0.15, 0.2) is 0 Å². The molecular weight excluding hydrogens is 328 g/mol. The highest BCUT2D eigenvalue weighted by Crippen LogP contribution is 2.21. The highest BCUT2D eigenvalue weighted by atomic mass is 15.2. The Morgan fingerprint density at radius 3 is 1.78 bits per heavy atom. The molecule has 0 N–H and O–H groups in total. The lowest BCUT2D eigenvalue weighted by molar-refractivity contribution is 0.429. The Kier molecular flexibility index (Phi) is 5.86. The zero-order valence-corrected chi connectivity index (χ0v) is 15.7. The quantitative estimate of drug-likeness (QED) is 0.647. The standard InChI is InChI=1S/C25H27N2/c1-4-10-21(11-5-1)18-23-16-17-27(25-14-8-3-9-15-25)20-24(26-23)19-22-12-6-2-7-13-22/h1-15,23-24H,16-20H2. The molecule has 2 atom stereocenters. The third-order valence-corrected chi connectivity index (χ3v) is 5.33. The number of rotatable bonds is 5. The molecule has 3 aromatic carbocycles. The van der Waals surface area contributed by atoms with E-state index in [4.69, 9.17) is 5.32 Å².